The van der Waals surface area contributed by atoms with Crippen LogP contribution in [0.25, 0.3) is 0 Å². The third kappa shape index (κ3) is 6.18. The SMILES string of the molecule is CCCCCCCC[C@H]1C[C@H]1C(=O)NNCc1ccccc1. The maximum Gasteiger partial charge on any atom is 0.237 e. The highest BCUT2D eigenvalue weighted by Crippen LogP contribution is 2.42. The van der Waals surface area contributed by atoms with E-state index in [0.717, 1.165) is 6.42 Å². The fraction of sp³-hybridized carbons (Fsp3) is 0.632. The van der Waals surface area contributed by atoms with Crippen molar-refractivity contribution >= 4 is 5.91 Å². The molecule has 122 valence electrons. The maximum absolute atomic E-state index is 12.0. The summed E-state index contributed by atoms with van der Waals surface area (Å²) in [6.07, 6.45) is 10.3. The summed E-state index contributed by atoms with van der Waals surface area (Å²) in [5, 5.41) is 0. The van der Waals surface area contributed by atoms with Crippen molar-refractivity contribution in [3.8, 4) is 0 Å². The molecule has 0 saturated heterocycles. The average Bonchev–Trinajstić information content (AvgIpc) is 3.31. The van der Waals surface area contributed by atoms with Gasteiger partial charge in [-0.25, -0.2) is 5.43 Å². The zero-order chi connectivity index (χ0) is 15.6. The van der Waals surface area contributed by atoms with Crippen molar-refractivity contribution < 1.29 is 4.79 Å². The van der Waals surface area contributed by atoms with Gasteiger partial charge in [0.15, 0.2) is 0 Å². The first kappa shape index (κ1) is 17.0. The quantitative estimate of drug-likeness (QED) is 0.475. The summed E-state index contributed by atoms with van der Waals surface area (Å²) >= 11 is 0. The van der Waals surface area contributed by atoms with Crippen LogP contribution in [-0.4, -0.2) is 5.91 Å². The second-order valence-electron chi connectivity index (χ2n) is 6.49. The Bertz CT molecular complexity index is 432. The molecule has 1 saturated carbocycles. The van der Waals surface area contributed by atoms with Gasteiger partial charge >= 0.3 is 0 Å². The number of hydrazine groups is 1. The standard InChI is InChI=1S/C19H30N2O/c1-2-3-4-5-6-10-13-17-14-18(17)19(22)21-20-15-16-11-8-7-9-12-16/h7-9,11-12,17-18,20H,2-6,10,13-15H2,1H3,(H,21,22)/t17-,18+/m0/s1. The van der Waals surface area contributed by atoms with Gasteiger partial charge in [0.2, 0.25) is 5.91 Å². The molecule has 2 atom stereocenters. The van der Waals surface area contributed by atoms with E-state index < -0.39 is 0 Å². The molecule has 1 amide bonds. The fourth-order valence-corrected chi connectivity index (χ4v) is 3.00. The number of hydrogen-bond acceptors (Lipinski definition) is 2. The number of unbranched alkanes of at least 4 members (excludes halogenated alkanes) is 5. The molecule has 3 nitrogen and oxygen atoms in total. The number of amides is 1. The highest BCUT2D eigenvalue weighted by Gasteiger charge is 2.41. The van der Waals surface area contributed by atoms with E-state index in [1.807, 2.05) is 18.2 Å². The Morgan fingerprint density at radius 3 is 2.59 bits per heavy atom. The van der Waals surface area contributed by atoms with Crippen LogP contribution in [0.5, 0.6) is 0 Å². The third-order valence-electron chi connectivity index (χ3n) is 4.53. The molecule has 1 aromatic carbocycles. The predicted molar refractivity (Wildman–Crippen MR) is 91.0 cm³/mol. The van der Waals surface area contributed by atoms with Crippen LogP contribution in [0.2, 0.25) is 0 Å². The van der Waals surface area contributed by atoms with Gasteiger partial charge in [-0.1, -0.05) is 75.8 Å². The number of rotatable bonds is 11. The van der Waals surface area contributed by atoms with Gasteiger partial charge in [-0.2, -0.15) is 0 Å². The van der Waals surface area contributed by atoms with Crippen molar-refractivity contribution in [1.82, 2.24) is 10.9 Å². The number of nitrogens with one attached hydrogen (secondary N) is 2. The lowest BCUT2D eigenvalue weighted by Gasteiger charge is -2.07. The highest BCUT2D eigenvalue weighted by atomic mass is 16.2. The van der Waals surface area contributed by atoms with Crippen LogP contribution in [0.3, 0.4) is 0 Å². The summed E-state index contributed by atoms with van der Waals surface area (Å²) in [6, 6.07) is 10.1. The molecule has 0 spiro atoms. The molecule has 1 fully saturated rings. The van der Waals surface area contributed by atoms with Gasteiger partial charge in [-0.3, -0.25) is 10.2 Å². The molecule has 2 N–H and O–H groups in total. The Labute approximate surface area is 134 Å². The summed E-state index contributed by atoms with van der Waals surface area (Å²) in [6.45, 7) is 2.93. The van der Waals surface area contributed by atoms with E-state index in [-0.39, 0.29) is 11.8 Å². The maximum atomic E-state index is 12.0. The molecular weight excluding hydrogens is 272 g/mol. The summed E-state index contributed by atoms with van der Waals surface area (Å²) < 4.78 is 0. The van der Waals surface area contributed by atoms with Crippen molar-refractivity contribution in [2.75, 3.05) is 0 Å². The van der Waals surface area contributed by atoms with Gasteiger partial charge in [-0.05, 0) is 24.3 Å². The van der Waals surface area contributed by atoms with E-state index in [1.165, 1.54) is 50.5 Å². The van der Waals surface area contributed by atoms with Crippen molar-refractivity contribution in [3.05, 3.63) is 35.9 Å². The molecule has 0 aromatic heterocycles. The number of carbonyl (C=O) groups excluding carboxylic acids is 1. The van der Waals surface area contributed by atoms with Crippen molar-refractivity contribution in [3.63, 3.8) is 0 Å². The molecule has 1 aliphatic carbocycles. The average molecular weight is 302 g/mol. The molecule has 22 heavy (non-hydrogen) atoms. The molecule has 2 rings (SSSR count). The van der Waals surface area contributed by atoms with E-state index in [1.54, 1.807) is 0 Å². The van der Waals surface area contributed by atoms with Crippen LogP contribution >= 0.6 is 0 Å². The number of hydrogen-bond donors (Lipinski definition) is 2. The van der Waals surface area contributed by atoms with Crippen LogP contribution in [0.4, 0.5) is 0 Å². The van der Waals surface area contributed by atoms with Crippen LogP contribution in [0.15, 0.2) is 30.3 Å². The molecule has 0 heterocycles. The van der Waals surface area contributed by atoms with E-state index in [9.17, 15) is 4.79 Å². The molecular formula is C19H30N2O. The monoisotopic (exact) mass is 302 g/mol. The summed E-state index contributed by atoms with van der Waals surface area (Å²) in [5.74, 6) is 1.05. The molecule has 1 aliphatic rings. The summed E-state index contributed by atoms with van der Waals surface area (Å²) in [5.41, 5.74) is 7.07. The largest absolute Gasteiger partial charge is 0.291 e. The Balaban J connectivity index is 1.49. The Morgan fingerprint density at radius 2 is 1.82 bits per heavy atom. The van der Waals surface area contributed by atoms with E-state index >= 15 is 0 Å². The minimum Gasteiger partial charge on any atom is -0.291 e. The first-order valence-electron chi connectivity index (χ1n) is 8.88. The number of carbonyl (C=O) groups is 1. The van der Waals surface area contributed by atoms with E-state index in [4.69, 9.17) is 0 Å². The topological polar surface area (TPSA) is 41.1 Å². The molecule has 3 heteroatoms. The second-order valence-corrected chi connectivity index (χ2v) is 6.49. The highest BCUT2D eigenvalue weighted by molar-refractivity contribution is 5.81. The Hall–Kier alpha value is -1.35. The van der Waals surface area contributed by atoms with E-state index in [0.29, 0.717) is 12.5 Å². The predicted octanol–water partition coefficient (Wildman–Crippen LogP) is 4.19. The fourth-order valence-electron chi connectivity index (χ4n) is 3.00. The van der Waals surface area contributed by atoms with Gasteiger partial charge in [0.1, 0.15) is 0 Å². The lowest BCUT2D eigenvalue weighted by Crippen LogP contribution is -2.38. The van der Waals surface area contributed by atoms with Crippen LogP contribution in [0.1, 0.15) is 63.9 Å². The summed E-state index contributed by atoms with van der Waals surface area (Å²) in [4.78, 5) is 12.0. The van der Waals surface area contributed by atoms with Gasteiger partial charge in [0.05, 0.1) is 0 Å². The van der Waals surface area contributed by atoms with Crippen molar-refractivity contribution in [1.29, 1.82) is 0 Å². The zero-order valence-corrected chi connectivity index (χ0v) is 13.8. The van der Waals surface area contributed by atoms with Gasteiger partial charge in [0.25, 0.3) is 0 Å². The molecule has 0 unspecified atom stereocenters. The Morgan fingerprint density at radius 1 is 1.09 bits per heavy atom. The first-order chi connectivity index (χ1) is 10.8. The molecule has 0 aliphatic heterocycles. The van der Waals surface area contributed by atoms with Crippen LogP contribution < -0.4 is 10.9 Å². The van der Waals surface area contributed by atoms with E-state index in [2.05, 4.69) is 29.9 Å². The van der Waals surface area contributed by atoms with Crippen LogP contribution in [0, 0.1) is 11.8 Å². The van der Waals surface area contributed by atoms with Gasteiger partial charge in [0, 0.05) is 12.5 Å². The molecule has 1 aromatic rings. The minimum absolute atomic E-state index is 0.173. The lowest BCUT2D eigenvalue weighted by molar-refractivity contribution is -0.123. The van der Waals surface area contributed by atoms with Gasteiger partial charge in [-0.15, -0.1) is 0 Å². The zero-order valence-electron chi connectivity index (χ0n) is 13.8. The van der Waals surface area contributed by atoms with Crippen molar-refractivity contribution in [2.45, 2.75) is 64.8 Å². The lowest BCUT2D eigenvalue weighted by atomic mass is 10.1. The first-order valence-corrected chi connectivity index (χ1v) is 8.88. The molecule has 0 radical (unpaired) electrons. The van der Waals surface area contributed by atoms with Crippen LogP contribution in [-0.2, 0) is 11.3 Å². The smallest absolute Gasteiger partial charge is 0.237 e. The summed E-state index contributed by atoms with van der Waals surface area (Å²) in [7, 11) is 0. The minimum atomic E-state index is 0.173. The second kappa shape index (κ2) is 9.62. The molecule has 0 bridgehead atoms. The number of benzene rings is 1. The Kier molecular flexibility index (Phi) is 7.44. The normalized spacial score (nSPS) is 19.9. The third-order valence-corrected chi connectivity index (χ3v) is 4.53. The van der Waals surface area contributed by atoms with Crippen molar-refractivity contribution in [2.24, 2.45) is 11.8 Å². The van der Waals surface area contributed by atoms with Gasteiger partial charge < -0.3 is 0 Å².